The Bertz CT molecular complexity index is 1180. The second kappa shape index (κ2) is 10.7. The Morgan fingerprint density at radius 1 is 1.06 bits per heavy atom. The van der Waals surface area contributed by atoms with Crippen molar-refractivity contribution in [2.24, 2.45) is 0 Å². The highest BCUT2D eigenvalue weighted by Gasteiger charge is 2.18. The summed E-state index contributed by atoms with van der Waals surface area (Å²) < 4.78 is 11.5. The van der Waals surface area contributed by atoms with Crippen LogP contribution in [0.3, 0.4) is 0 Å². The number of likely N-dealkylation sites (N-methyl/N-ethyl adjacent to an activating group) is 1. The van der Waals surface area contributed by atoms with Gasteiger partial charge in [0.05, 0.1) is 36.4 Å². The van der Waals surface area contributed by atoms with E-state index >= 15 is 0 Å². The molecule has 5 rings (SSSR count). The maximum absolute atomic E-state index is 9.69. The molecule has 0 spiro atoms. The summed E-state index contributed by atoms with van der Waals surface area (Å²) in [4.78, 5) is 18.2. The highest BCUT2D eigenvalue weighted by atomic mass is 16.5. The first-order chi connectivity index (χ1) is 17.2. The smallest absolute Gasteiger partial charge is 0.227 e. The van der Waals surface area contributed by atoms with Crippen LogP contribution in [0.15, 0.2) is 48.8 Å². The number of benzene rings is 1. The van der Waals surface area contributed by atoms with Crippen molar-refractivity contribution in [2.45, 2.75) is 18.9 Å². The van der Waals surface area contributed by atoms with Gasteiger partial charge >= 0.3 is 0 Å². The number of piperazine rings is 1. The van der Waals surface area contributed by atoms with Crippen LogP contribution in [0.25, 0.3) is 11.3 Å². The number of pyridine rings is 1. The van der Waals surface area contributed by atoms with E-state index in [-0.39, 0.29) is 6.10 Å². The molecule has 9 nitrogen and oxygen atoms in total. The summed E-state index contributed by atoms with van der Waals surface area (Å²) in [6.45, 7) is 5.41. The van der Waals surface area contributed by atoms with Crippen LogP contribution >= 0.6 is 0 Å². The normalized spacial score (nSPS) is 17.1. The van der Waals surface area contributed by atoms with Crippen molar-refractivity contribution < 1.29 is 9.47 Å². The standard InChI is InChI=1S/C26H29N7O2/c1-32-10-12-33(13-11-32)25-5-3-21(18-29-25)30-26-28-9-6-23(31-26)19-2-4-24(20(16-19)17-27)35-22-7-14-34-15-8-22/h2-6,9,16,18,22H,7-8,10-15H2,1H3,(H,28,30,31). The molecule has 9 heteroatoms. The Labute approximate surface area is 205 Å². The van der Waals surface area contributed by atoms with Crippen LogP contribution in [0.1, 0.15) is 18.4 Å². The minimum absolute atomic E-state index is 0.0767. The first-order valence-corrected chi connectivity index (χ1v) is 12.0. The summed E-state index contributed by atoms with van der Waals surface area (Å²) in [5, 5.41) is 12.9. The lowest BCUT2D eigenvalue weighted by Crippen LogP contribution is -2.44. The van der Waals surface area contributed by atoms with Gasteiger partial charge in [0.25, 0.3) is 0 Å². The zero-order valence-corrected chi connectivity index (χ0v) is 19.9. The molecule has 0 aliphatic carbocycles. The first kappa shape index (κ1) is 23.0. The van der Waals surface area contributed by atoms with Crippen molar-refractivity contribution in [1.29, 1.82) is 5.26 Å². The minimum Gasteiger partial charge on any atom is -0.489 e. The van der Waals surface area contributed by atoms with Gasteiger partial charge in [-0.15, -0.1) is 0 Å². The fourth-order valence-corrected chi connectivity index (χ4v) is 4.24. The number of nitrogens with one attached hydrogen (secondary N) is 1. The quantitative estimate of drug-likeness (QED) is 0.579. The van der Waals surface area contributed by atoms with E-state index in [1.807, 2.05) is 36.4 Å². The average Bonchev–Trinajstić information content (AvgIpc) is 2.91. The van der Waals surface area contributed by atoms with Gasteiger partial charge in [-0.25, -0.2) is 15.0 Å². The van der Waals surface area contributed by atoms with Crippen molar-refractivity contribution in [2.75, 3.05) is 56.7 Å². The third-order valence-corrected chi connectivity index (χ3v) is 6.34. The topological polar surface area (TPSA) is 99.4 Å². The molecule has 0 saturated carbocycles. The highest BCUT2D eigenvalue weighted by Crippen LogP contribution is 2.28. The van der Waals surface area contributed by atoms with Gasteiger partial charge in [-0.3, -0.25) is 0 Å². The van der Waals surface area contributed by atoms with Gasteiger partial charge in [0.15, 0.2) is 0 Å². The van der Waals surface area contributed by atoms with Gasteiger partial charge in [0, 0.05) is 50.8 Å². The predicted octanol–water partition coefficient (Wildman–Crippen LogP) is 3.46. The number of nitrogens with zero attached hydrogens (tertiary/aromatic N) is 6. The molecule has 2 aliphatic rings. The monoisotopic (exact) mass is 471 g/mol. The molecular weight excluding hydrogens is 442 g/mol. The van der Waals surface area contributed by atoms with Crippen molar-refractivity contribution in [3.8, 4) is 23.1 Å². The molecule has 1 N–H and O–H groups in total. The van der Waals surface area contributed by atoms with E-state index in [2.05, 4.69) is 43.2 Å². The largest absolute Gasteiger partial charge is 0.489 e. The highest BCUT2D eigenvalue weighted by molar-refractivity contribution is 5.66. The van der Waals surface area contributed by atoms with Crippen molar-refractivity contribution in [1.82, 2.24) is 19.9 Å². The maximum Gasteiger partial charge on any atom is 0.227 e. The average molecular weight is 472 g/mol. The Morgan fingerprint density at radius 3 is 2.63 bits per heavy atom. The number of hydrogen-bond donors (Lipinski definition) is 1. The van der Waals surface area contributed by atoms with Gasteiger partial charge in [-0.05, 0) is 43.4 Å². The van der Waals surface area contributed by atoms with Crippen molar-refractivity contribution in [3.63, 3.8) is 0 Å². The number of rotatable bonds is 6. The second-order valence-corrected chi connectivity index (χ2v) is 8.84. The van der Waals surface area contributed by atoms with E-state index in [1.54, 1.807) is 12.4 Å². The van der Waals surface area contributed by atoms with Gasteiger partial charge in [0.2, 0.25) is 5.95 Å². The van der Waals surface area contributed by atoms with E-state index in [0.717, 1.165) is 61.8 Å². The molecule has 1 aromatic carbocycles. The van der Waals surface area contributed by atoms with Crippen LogP contribution in [-0.4, -0.2) is 72.4 Å². The van der Waals surface area contributed by atoms with Gasteiger partial charge < -0.3 is 24.6 Å². The molecule has 35 heavy (non-hydrogen) atoms. The SMILES string of the molecule is CN1CCN(c2ccc(Nc3nccc(-c4ccc(OC5CCOCC5)c(C#N)c4)n3)cn2)CC1. The zero-order chi connectivity index (χ0) is 24.0. The molecule has 2 saturated heterocycles. The van der Waals surface area contributed by atoms with Crippen LogP contribution in [0, 0.1) is 11.3 Å². The van der Waals surface area contributed by atoms with Gasteiger partial charge in [-0.2, -0.15) is 5.26 Å². The van der Waals surface area contributed by atoms with Crippen LogP contribution in [-0.2, 0) is 4.74 Å². The summed E-state index contributed by atoms with van der Waals surface area (Å²) >= 11 is 0. The Balaban J connectivity index is 1.27. The minimum atomic E-state index is 0.0767. The fraction of sp³-hybridized carbons (Fsp3) is 0.385. The summed E-state index contributed by atoms with van der Waals surface area (Å²) in [6.07, 6.45) is 5.25. The Morgan fingerprint density at radius 2 is 1.89 bits per heavy atom. The zero-order valence-electron chi connectivity index (χ0n) is 19.9. The summed E-state index contributed by atoms with van der Waals surface area (Å²) in [6, 6.07) is 13.7. The number of aromatic nitrogens is 3. The van der Waals surface area contributed by atoms with E-state index in [9.17, 15) is 5.26 Å². The lowest BCUT2D eigenvalue weighted by atomic mass is 10.1. The van der Waals surface area contributed by atoms with Gasteiger partial charge in [0.1, 0.15) is 23.7 Å². The van der Waals surface area contributed by atoms with Crippen LogP contribution in [0.4, 0.5) is 17.5 Å². The van der Waals surface area contributed by atoms with Crippen molar-refractivity contribution >= 4 is 17.5 Å². The summed E-state index contributed by atoms with van der Waals surface area (Å²) in [5.41, 5.74) is 2.86. The van der Waals surface area contributed by atoms with E-state index in [4.69, 9.17) is 9.47 Å². The molecule has 0 radical (unpaired) electrons. The molecule has 180 valence electrons. The second-order valence-electron chi connectivity index (χ2n) is 8.84. The molecular formula is C26H29N7O2. The Hall–Kier alpha value is -3.74. The van der Waals surface area contributed by atoms with Crippen LogP contribution < -0.4 is 15.0 Å². The first-order valence-electron chi connectivity index (χ1n) is 12.0. The third kappa shape index (κ3) is 5.67. The van der Waals surface area contributed by atoms with Crippen LogP contribution in [0.2, 0.25) is 0 Å². The molecule has 2 aromatic heterocycles. The molecule has 0 unspecified atom stereocenters. The number of nitriles is 1. The number of anilines is 3. The van der Waals surface area contributed by atoms with E-state index in [1.165, 1.54) is 0 Å². The van der Waals surface area contributed by atoms with E-state index in [0.29, 0.717) is 30.5 Å². The molecule has 3 aromatic rings. The molecule has 2 aliphatic heterocycles. The third-order valence-electron chi connectivity index (χ3n) is 6.34. The predicted molar refractivity (Wildman–Crippen MR) is 134 cm³/mol. The number of ether oxygens (including phenoxy) is 2. The molecule has 0 bridgehead atoms. The van der Waals surface area contributed by atoms with Crippen molar-refractivity contribution in [3.05, 3.63) is 54.4 Å². The Kier molecular flexibility index (Phi) is 7.02. The maximum atomic E-state index is 9.69. The van der Waals surface area contributed by atoms with Crippen LogP contribution in [0.5, 0.6) is 5.75 Å². The summed E-state index contributed by atoms with van der Waals surface area (Å²) in [5.74, 6) is 2.05. The molecule has 0 amide bonds. The van der Waals surface area contributed by atoms with E-state index < -0.39 is 0 Å². The number of hydrogen-bond acceptors (Lipinski definition) is 9. The van der Waals surface area contributed by atoms with Gasteiger partial charge in [-0.1, -0.05) is 0 Å². The fourth-order valence-electron chi connectivity index (χ4n) is 4.24. The summed E-state index contributed by atoms with van der Waals surface area (Å²) in [7, 11) is 2.14. The lowest BCUT2D eigenvalue weighted by molar-refractivity contribution is 0.0254. The lowest BCUT2D eigenvalue weighted by Gasteiger charge is -2.33. The molecule has 4 heterocycles. The molecule has 2 fully saturated rings. The molecule has 0 atom stereocenters.